The van der Waals surface area contributed by atoms with Gasteiger partial charge in [-0.05, 0) is 62.2 Å². The second-order valence-corrected chi connectivity index (χ2v) is 8.42. The molecular formula is C26H27FN4O5. The van der Waals surface area contributed by atoms with Gasteiger partial charge >= 0.3 is 5.97 Å². The van der Waals surface area contributed by atoms with Crippen LogP contribution in [0, 0.1) is 11.7 Å². The van der Waals surface area contributed by atoms with Gasteiger partial charge in [-0.3, -0.25) is 14.4 Å². The number of anilines is 2. The van der Waals surface area contributed by atoms with Gasteiger partial charge in [0.2, 0.25) is 0 Å². The number of hydrogen-bond acceptors (Lipinski definition) is 7. The van der Waals surface area contributed by atoms with E-state index in [1.165, 1.54) is 37.5 Å². The molecular weight excluding hydrogens is 467 g/mol. The summed E-state index contributed by atoms with van der Waals surface area (Å²) in [5.41, 5.74) is 0.574. The number of piperidine rings is 1. The van der Waals surface area contributed by atoms with Gasteiger partial charge in [-0.1, -0.05) is 6.07 Å². The van der Waals surface area contributed by atoms with Gasteiger partial charge in [-0.25, -0.2) is 9.07 Å². The lowest BCUT2D eigenvalue weighted by Crippen LogP contribution is -2.42. The molecule has 0 aliphatic carbocycles. The second kappa shape index (κ2) is 11.0. The molecule has 1 aliphatic rings. The standard InChI is InChI=1S/C26H27FN4O5/c1-3-35-26(34)18-7-5-13-31(16-18)24(32)17-6-4-8-20(14-17)29-23-22(15-28-30(2)25(23)33)36-21-11-9-19(27)10-12-21/h4,6,8-12,14-15,18,29H,3,5,7,13,16H2,1-2H3. The minimum absolute atomic E-state index is 0.113. The molecule has 1 amide bonds. The molecule has 9 nitrogen and oxygen atoms in total. The van der Waals surface area contributed by atoms with Crippen LogP contribution >= 0.6 is 0 Å². The van der Waals surface area contributed by atoms with Crippen LogP contribution in [0.5, 0.6) is 11.5 Å². The average molecular weight is 495 g/mol. The molecule has 1 N–H and O–H groups in total. The first kappa shape index (κ1) is 24.9. The van der Waals surface area contributed by atoms with Crippen LogP contribution < -0.4 is 15.6 Å². The van der Waals surface area contributed by atoms with Crippen LogP contribution in [0.15, 0.2) is 59.5 Å². The zero-order valence-electron chi connectivity index (χ0n) is 20.1. The maximum absolute atomic E-state index is 13.3. The summed E-state index contributed by atoms with van der Waals surface area (Å²) >= 11 is 0. The van der Waals surface area contributed by atoms with Crippen LogP contribution in [0.4, 0.5) is 15.8 Å². The number of aryl methyl sites for hydroxylation is 1. The Balaban J connectivity index is 1.55. The number of aromatic nitrogens is 2. The van der Waals surface area contributed by atoms with Crippen molar-refractivity contribution < 1.29 is 23.5 Å². The van der Waals surface area contributed by atoms with Crippen LogP contribution in [-0.2, 0) is 16.6 Å². The number of likely N-dealkylation sites (tertiary alicyclic amines) is 1. The third-order valence-electron chi connectivity index (χ3n) is 5.85. The molecule has 1 aliphatic heterocycles. The third kappa shape index (κ3) is 5.70. The molecule has 10 heteroatoms. The van der Waals surface area contributed by atoms with Gasteiger partial charge in [0.05, 0.1) is 18.7 Å². The van der Waals surface area contributed by atoms with E-state index < -0.39 is 11.4 Å². The highest BCUT2D eigenvalue weighted by atomic mass is 19.1. The lowest BCUT2D eigenvalue weighted by molar-refractivity contribution is -0.149. The number of hydrogen-bond donors (Lipinski definition) is 1. The Hall–Kier alpha value is -4.21. The lowest BCUT2D eigenvalue weighted by atomic mass is 9.97. The van der Waals surface area contributed by atoms with Crippen LogP contribution in [0.3, 0.4) is 0 Å². The van der Waals surface area contributed by atoms with Gasteiger partial charge in [0, 0.05) is 31.4 Å². The van der Waals surface area contributed by atoms with E-state index in [1.807, 2.05) is 0 Å². The van der Waals surface area contributed by atoms with E-state index in [2.05, 4.69) is 10.4 Å². The number of benzene rings is 2. The summed E-state index contributed by atoms with van der Waals surface area (Å²) in [6.45, 7) is 2.91. The number of nitrogens with one attached hydrogen (secondary N) is 1. The average Bonchev–Trinajstić information content (AvgIpc) is 2.89. The highest BCUT2D eigenvalue weighted by molar-refractivity contribution is 5.95. The molecule has 1 unspecified atom stereocenters. The first-order valence-corrected chi connectivity index (χ1v) is 11.7. The number of nitrogens with zero attached hydrogens (tertiary/aromatic N) is 3. The Labute approximate surface area is 207 Å². The summed E-state index contributed by atoms with van der Waals surface area (Å²) < 4.78 is 25.3. The predicted molar refractivity (Wildman–Crippen MR) is 131 cm³/mol. The fourth-order valence-corrected chi connectivity index (χ4v) is 4.02. The van der Waals surface area contributed by atoms with Crippen molar-refractivity contribution in [2.45, 2.75) is 19.8 Å². The summed E-state index contributed by atoms with van der Waals surface area (Å²) in [6, 6.07) is 12.1. The maximum Gasteiger partial charge on any atom is 0.310 e. The lowest BCUT2D eigenvalue weighted by Gasteiger charge is -2.31. The van der Waals surface area contributed by atoms with E-state index >= 15 is 0 Å². The largest absolute Gasteiger partial charge is 0.466 e. The van der Waals surface area contributed by atoms with E-state index in [9.17, 15) is 18.8 Å². The van der Waals surface area contributed by atoms with Crippen molar-refractivity contribution in [1.82, 2.24) is 14.7 Å². The molecule has 2 heterocycles. The van der Waals surface area contributed by atoms with Gasteiger partial charge in [0.15, 0.2) is 11.4 Å². The van der Waals surface area contributed by atoms with Crippen LogP contribution in [-0.4, -0.2) is 46.3 Å². The van der Waals surface area contributed by atoms with Crippen molar-refractivity contribution in [2.75, 3.05) is 25.0 Å². The van der Waals surface area contributed by atoms with Crippen molar-refractivity contribution in [1.29, 1.82) is 0 Å². The molecule has 1 fully saturated rings. The monoisotopic (exact) mass is 494 g/mol. The van der Waals surface area contributed by atoms with Gasteiger partial charge in [-0.15, -0.1) is 0 Å². The molecule has 1 saturated heterocycles. The zero-order chi connectivity index (χ0) is 25.7. The van der Waals surface area contributed by atoms with E-state index in [4.69, 9.17) is 9.47 Å². The van der Waals surface area contributed by atoms with Crippen molar-refractivity contribution in [2.24, 2.45) is 13.0 Å². The number of esters is 1. The fourth-order valence-electron chi connectivity index (χ4n) is 4.02. The molecule has 188 valence electrons. The number of halogens is 1. The smallest absolute Gasteiger partial charge is 0.310 e. The highest BCUT2D eigenvalue weighted by Crippen LogP contribution is 2.29. The molecule has 2 aromatic carbocycles. The number of ether oxygens (including phenoxy) is 2. The topological polar surface area (TPSA) is 103 Å². The van der Waals surface area contributed by atoms with Gasteiger partial charge in [-0.2, -0.15) is 5.10 Å². The van der Waals surface area contributed by atoms with E-state index in [0.29, 0.717) is 49.5 Å². The molecule has 1 aromatic heterocycles. The zero-order valence-corrected chi connectivity index (χ0v) is 20.1. The Kier molecular flexibility index (Phi) is 7.62. The SMILES string of the molecule is CCOC(=O)C1CCCN(C(=O)c2cccc(Nc3c(Oc4ccc(F)cc4)cnn(C)c3=O)c2)C1. The second-order valence-electron chi connectivity index (χ2n) is 8.42. The molecule has 36 heavy (non-hydrogen) atoms. The van der Waals surface area contributed by atoms with Crippen LogP contribution in [0.2, 0.25) is 0 Å². The molecule has 3 aromatic rings. The summed E-state index contributed by atoms with van der Waals surface area (Å²) in [4.78, 5) is 39.9. The Morgan fingerprint density at radius 1 is 1.19 bits per heavy atom. The van der Waals surface area contributed by atoms with E-state index in [0.717, 1.165) is 4.68 Å². The first-order valence-electron chi connectivity index (χ1n) is 11.7. The quantitative estimate of drug-likeness (QED) is 0.498. The minimum Gasteiger partial charge on any atom is -0.466 e. The highest BCUT2D eigenvalue weighted by Gasteiger charge is 2.30. The normalized spacial score (nSPS) is 15.3. The van der Waals surface area contributed by atoms with Crippen molar-refractivity contribution in [3.63, 3.8) is 0 Å². The maximum atomic E-state index is 13.3. The van der Waals surface area contributed by atoms with E-state index in [1.54, 1.807) is 36.1 Å². The Morgan fingerprint density at radius 2 is 1.97 bits per heavy atom. The number of amides is 1. The number of carbonyl (C=O) groups excluding carboxylic acids is 2. The van der Waals surface area contributed by atoms with Crippen LogP contribution in [0.1, 0.15) is 30.1 Å². The van der Waals surface area contributed by atoms with Crippen LogP contribution in [0.25, 0.3) is 0 Å². The predicted octanol–water partition coefficient (Wildman–Crippen LogP) is 3.87. The molecule has 0 spiro atoms. The number of carbonyl (C=O) groups is 2. The van der Waals surface area contributed by atoms with Gasteiger partial charge in [0.25, 0.3) is 11.5 Å². The molecule has 0 bridgehead atoms. The summed E-state index contributed by atoms with van der Waals surface area (Å²) in [5.74, 6) is -0.762. The molecule has 1 atom stereocenters. The molecule has 0 radical (unpaired) electrons. The minimum atomic E-state index is -0.445. The summed E-state index contributed by atoms with van der Waals surface area (Å²) in [6.07, 6.45) is 2.78. The number of rotatable bonds is 7. The Morgan fingerprint density at radius 3 is 2.72 bits per heavy atom. The van der Waals surface area contributed by atoms with Crippen molar-refractivity contribution in [3.8, 4) is 11.5 Å². The molecule has 0 saturated carbocycles. The first-order chi connectivity index (χ1) is 17.4. The van der Waals surface area contributed by atoms with Crippen molar-refractivity contribution in [3.05, 3.63) is 76.5 Å². The molecule has 4 rings (SSSR count). The Bertz CT molecular complexity index is 1310. The van der Waals surface area contributed by atoms with Crippen molar-refractivity contribution >= 4 is 23.3 Å². The van der Waals surface area contributed by atoms with Gasteiger partial charge < -0.3 is 19.7 Å². The summed E-state index contributed by atoms with van der Waals surface area (Å²) in [7, 11) is 1.51. The van der Waals surface area contributed by atoms with E-state index in [-0.39, 0.29) is 29.2 Å². The van der Waals surface area contributed by atoms with Gasteiger partial charge in [0.1, 0.15) is 11.6 Å². The third-order valence-corrected chi connectivity index (χ3v) is 5.85. The summed E-state index contributed by atoms with van der Waals surface area (Å²) in [5, 5.41) is 7.04. The fraction of sp³-hybridized carbons (Fsp3) is 0.308.